The van der Waals surface area contributed by atoms with E-state index in [0.717, 1.165) is 27.6 Å². The Morgan fingerprint density at radius 2 is 1.97 bits per heavy atom. The molecule has 7 nitrogen and oxygen atoms in total. The van der Waals surface area contributed by atoms with Crippen molar-refractivity contribution in [2.45, 2.75) is 10.2 Å². The van der Waals surface area contributed by atoms with Gasteiger partial charge in [0.15, 0.2) is 15.4 Å². The lowest BCUT2D eigenvalue weighted by atomic mass is 10.3. The van der Waals surface area contributed by atoms with Gasteiger partial charge in [-0.25, -0.2) is 9.98 Å². The molecule has 0 saturated carbocycles. The molecule has 4 aromatic rings. The summed E-state index contributed by atoms with van der Waals surface area (Å²) in [7, 11) is 1.61. The molecule has 0 unspecified atom stereocenters. The fourth-order valence-corrected chi connectivity index (χ4v) is 4.51. The van der Waals surface area contributed by atoms with Crippen molar-refractivity contribution >= 4 is 57.4 Å². The predicted octanol–water partition coefficient (Wildman–Crippen LogP) is 5.21. The van der Waals surface area contributed by atoms with Crippen LogP contribution >= 0.6 is 23.5 Å². The van der Waals surface area contributed by atoms with E-state index in [-0.39, 0.29) is 5.91 Å². The highest BCUT2D eigenvalue weighted by atomic mass is 32.2. The third-order valence-corrected chi connectivity index (χ3v) is 6.11. The minimum atomic E-state index is -0.208. The van der Waals surface area contributed by atoms with Gasteiger partial charge in [-0.2, -0.15) is 0 Å². The zero-order valence-corrected chi connectivity index (χ0v) is 17.9. The molecule has 1 aliphatic rings. The summed E-state index contributed by atoms with van der Waals surface area (Å²) in [5.41, 5.74) is 2.61. The number of hydrogen-bond acceptors (Lipinski definition) is 7. The number of H-pyrrole nitrogens is 1. The zero-order chi connectivity index (χ0) is 21.2. The Kier molecular flexibility index (Phi) is 5.27. The second-order valence-electron chi connectivity index (χ2n) is 6.50. The Balaban J connectivity index is 1.29. The second-order valence-corrected chi connectivity index (χ2v) is 8.52. The van der Waals surface area contributed by atoms with Crippen LogP contribution in [0.2, 0.25) is 0 Å². The fourth-order valence-electron chi connectivity index (χ4n) is 2.92. The van der Waals surface area contributed by atoms with E-state index >= 15 is 0 Å². The molecule has 1 saturated heterocycles. The van der Waals surface area contributed by atoms with Gasteiger partial charge in [0.2, 0.25) is 0 Å². The summed E-state index contributed by atoms with van der Waals surface area (Å²) in [6.07, 6.45) is 1.71. The number of nitrogens with one attached hydrogen (secondary N) is 2. The molecular weight excluding hydrogens is 432 g/mol. The fraction of sp³-hybridized carbons (Fsp3) is 0.0455. The van der Waals surface area contributed by atoms with E-state index in [9.17, 15) is 4.79 Å². The van der Waals surface area contributed by atoms with E-state index in [4.69, 9.17) is 9.15 Å². The number of aliphatic imine (C=N–C) groups is 1. The highest BCUT2D eigenvalue weighted by Crippen LogP contribution is 2.32. The average molecular weight is 449 g/mol. The third-order valence-electron chi connectivity index (χ3n) is 4.39. The van der Waals surface area contributed by atoms with Crippen molar-refractivity contribution in [3.63, 3.8) is 0 Å². The lowest BCUT2D eigenvalue weighted by Crippen LogP contribution is -2.19. The van der Waals surface area contributed by atoms with E-state index in [1.165, 1.54) is 23.5 Å². The third kappa shape index (κ3) is 4.37. The maximum atomic E-state index is 12.3. The summed E-state index contributed by atoms with van der Waals surface area (Å²) in [5, 5.41) is 4.72. The van der Waals surface area contributed by atoms with Gasteiger partial charge < -0.3 is 19.5 Å². The number of thioether (sulfide) groups is 1. The molecule has 2 aromatic carbocycles. The van der Waals surface area contributed by atoms with Crippen molar-refractivity contribution in [3.8, 4) is 5.75 Å². The Bertz CT molecular complexity index is 1290. The number of aromatic amines is 1. The molecule has 0 aliphatic carbocycles. The van der Waals surface area contributed by atoms with Crippen LogP contribution in [0.4, 0.5) is 5.69 Å². The van der Waals surface area contributed by atoms with Crippen LogP contribution in [0.5, 0.6) is 5.75 Å². The van der Waals surface area contributed by atoms with E-state index < -0.39 is 0 Å². The van der Waals surface area contributed by atoms with Crippen molar-refractivity contribution in [3.05, 3.63) is 71.3 Å². The van der Waals surface area contributed by atoms with E-state index in [2.05, 4.69) is 20.3 Å². The van der Waals surface area contributed by atoms with Gasteiger partial charge in [0.25, 0.3) is 5.91 Å². The number of para-hydroxylation sites is 2. The quantitative estimate of drug-likeness (QED) is 0.407. The topological polar surface area (TPSA) is 92.5 Å². The summed E-state index contributed by atoms with van der Waals surface area (Å²) < 4.78 is 11.0. The summed E-state index contributed by atoms with van der Waals surface area (Å²) >= 11 is 2.66. The van der Waals surface area contributed by atoms with E-state index in [0.29, 0.717) is 20.9 Å². The molecule has 1 fully saturated rings. The SMILES string of the molecule is COc1ccc(N=C2NC(=O)C(=Cc3ccc(Sc4nc5ccccc5[nH]4)o3)S2)cc1. The number of carbonyl (C=O) groups excluding carboxylic acids is 1. The van der Waals surface area contributed by atoms with Crippen molar-refractivity contribution in [1.82, 2.24) is 15.3 Å². The first kappa shape index (κ1) is 19.5. The second kappa shape index (κ2) is 8.37. The number of carbonyl (C=O) groups is 1. The molecule has 3 heterocycles. The van der Waals surface area contributed by atoms with Crippen LogP contribution in [0, 0.1) is 0 Å². The van der Waals surface area contributed by atoms with Gasteiger partial charge in [0, 0.05) is 6.08 Å². The van der Waals surface area contributed by atoms with Crippen LogP contribution in [-0.2, 0) is 4.79 Å². The zero-order valence-electron chi connectivity index (χ0n) is 16.3. The highest BCUT2D eigenvalue weighted by Gasteiger charge is 2.24. The smallest absolute Gasteiger partial charge is 0.264 e. The van der Waals surface area contributed by atoms with E-state index in [1.807, 2.05) is 60.7 Å². The monoisotopic (exact) mass is 448 g/mol. The number of amidine groups is 1. The first-order valence-corrected chi connectivity index (χ1v) is 11.0. The van der Waals surface area contributed by atoms with Crippen molar-refractivity contribution in [2.75, 3.05) is 7.11 Å². The van der Waals surface area contributed by atoms with Gasteiger partial charge in [-0.3, -0.25) is 4.79 Å². The Morgan fingerprint density at radius 3 is 2.77 bits per heavy atom. The van der Waals surface area contributed by atoms with Crippen LogP contribution in [0.3, 0.4) is 0 Å². The first-order chi connectivity index (χ1) is 15.2. The minimum Gasteiger partial charge on any atom is -0.497 e. The van der Waals surface area contributed by atoms with Gasteiger partial charge in [0.05, 0.1) is 28.7 Å². The number of furan rings is 1. The number of nitrogens with zero attached hydrogens (tertiary/aromatic N) is 2. The molecule has 31 heavy (non-hydrogen) atoms. The number of aromatic nitrogens is 2. The number of rotatable bonds is 5. The largest absolute Gasteiger partial charge is 0.497 e. The van der Waals surface area contributed by atoms with E-state index in [1.54, 1.807) is 13.2 Å². The summed E-state index contributed by atoms with van der Waals surface area (Å²) in [5.74, 6) is 1.13. The molecule has 1 aliphatic heterocycles. The number of fused-ring (bicyclic) bond motifs is 1. The van der Waals surface area contributed by atoms with Crippen LogP contribution in [0.1, 0.15) is 5.76 Å². The molecule has 5 rings (SSSR count). The highest BCUT2D eigenvalue weighted by molar-refractivity contribution is 8.18. The number of hydrogen-bond donors (Lipinski definition) is 2. The molecule has 0 atom stereocenters. The van der Waals surface area contributed by atoms with Gasteiger partial charge in [-0.15, -0.1) is 0 Å². The van der Waals surface area contributed by atoms with Crippen LogP contribution < -0.4 is 10.1 Å². The molecule has 0 spiro atoms. The average Bonchev–Trinajstić information content (AvgIpc) is 3.48. The normalized spacial score (nSPS) is 16.4. The Hall–Kier alpha value is -3.43. The first-order valence-electron chi connectivity index (χ1n) is 9.32. The molecule has 1 amide bonds. The number of amides is 1. The van der Waals surface area contributed by atoms with Gasteiger partial charge in [-0.05, 0) is 72.1 Å². The number of methoxy groups -OCH3 is 1. The summed E-state index contributed by atoms with van der Waals surface area (Å²) in [4.78, 5) is 25.1. The molecule has 2 N–H and O–H groups in total. The summed E-state index contributed by atoms with van der Waals surface area (Å²) in [6, 6.07) is 18.8. The maximum absolute atomic E-state index is 12.3. The predicted molar refractivity (Wildman–Crippen MR) is 123 cm³/mol. The van der Waals surface area contributed by atoms with Gasteiger partial charge in [-0.1, -0.05) is 12.1 Å². The molecule has 0 radical (unpaired) electrons. The standard InChI is InChI=1S/C22H16N4O3S2/c1-28-14-8-6-13(7-9-14)23-21-26-20(27)18(30-21)12-15-10-11-19(29-15)31-22-24-16-4-2-3-5-17(16)25-22/h2-12H,1H3,(H,24,25)(H,23,26,27). The summed E-state index contributed by atoms with van der Waals surface area (Å²) in [6.45, 7) is 0. The molecule has 2 aromatic heterocycles. The van der Waals surface area contributed by atoms with Gasteiger partial charge in [0.1, 0.15) is 11.5 Å². The minimum absolute atomic E-state index is 0.208. The lowest BCUT2D eigenvalue weighted by molar-refractivity contribution is -0.115. The van der Waals surface area contributed by atoms with Crippen LogP contribution in [-0.4, -0.2) is 28.2 Å². The number of ether oxygens (including phenoxy) is 1. The molecular formula is C22H16N4O3S2. The van der Waals surface area contributed by atoms with Crippen LogP contribution in [0.15, 0.2) is 85.2 Å². The Labute approximate surface area is 186 Å². The number of benzene rings is 2. The van der Waals surface area contributed by atoms with Crippen molar-refractivity contribution < 1.29 is 13.9 Å². The number of imidazole rings is 1. The van der Waals surface area contributed by atoms with Crippen molar-refractivity contribution in [1.29, 1.82) is 0 Å². The molecule has 9 heteroatoms. The maximum Gasteiger partial charge on any atom is 0.264 e. The van der Waals surface area contributed by atoms with Crippen molar-refractivity contribution in [2.24, 2.45) is 4.99 Å². The lowest BCUT2D eigenvalue weighted by Gasteiger charge is -1.99. The van der Waals surface area contributed by atoms with Gasteiger partial charge >= 0.3 is 0 Å². The van der Waals surface area contributed by atoms with Crippen LogP contribution in [0.25, 0.3) is 17.1 Å². The molecule has 154 valence electrons. The Morgan fingerprint density at radius 1 is 1.13 bits per heavy atom. The molecule has 0 bridgehead atoms.